The van der Waals surface area contributed by atoms with Crippen molar-refractivity contribution in [1.82, 2.24) is 15.0 Å². The number of carbonyl (C=O) groups is 4. The van der Waals surface area contributed by atoms with Crippen molar-refractivity contribution < 1.29 is 23.9 Å². The molecule has 0 saturated heterocycles. The van der Waals surface area contributed by atoms with Gasteiger partial charge >= 0.3 is 0 Å². The van der Waals surface area contributed by atoms with Crippen LogP contribution in [0.1, 0.15) is 67.8 Å². The van der Waals surface area contributed by atoms with Gasteiger partial charge in [0.25, 0.3) is 0 Å². The highest BCUT2D eigenvalue weighted by Crippen LogP contribution is 2.48. The molecule has 4 aromatic rings. The zero-order chi connectivity index (χ0) is 31.6. The minimum Gasteiger partial charge on any atom is -0.485 e. The van der Waals surface area contributed by atoms with Crippen LogP contribution >= 0.6 is 15.9 Å². The molecule has 0 saturated carbocycles. The first kappa shape index (κ1) is 28.8. The molecule has 10 heteroatoms. The van der Waals surface area contributed by atoms with Crippen LogP contribution in [0.15, 0.2) is 96.3 Å². The van der Waals surface area contributed by atoms with Crippen LogP contribution in [0.5, 0.6) is 0 Å². The summed E-state index contributed by atoms with van der Waals surface area (Å²) in [6.45, 7) is 5.88. The van der Waals surface area contributed by atoms with Crippen molar-refractivity contribution in [3.8, 4) is 0 Å². The van der Waals surface area contributed by atoms with Crippen molar-refractivity contribution in [3.05, 3.63) is 130 Å². The van der Waals surface area contributed by atoms with E-state index in [-0.39, 0.29) is 29.4 Å². The van der Waals surface area contributed by atoms with Gasteiger partial charge in [-0.2, -0.15) is 0 Å². The highest BCUT2D eigenvalue weighted by atomic mass is 79.9. The molecule has 7 rings (SSSR count). The second kappa shape index (κ2) is 10.6. The average molecular weight is 664 g/mol. The Morgan fingerprint density at radius 2 is 1.47 bits per heavy atom. The van der Waals surface area contributed by atoms with Crippen molar-refractivity contribution in [2.24, 2.45) is 0 Å². The minimum absolute atomic E-state index is 0.108. The highest BCUT2D eigenvalue weighted by molar-refractivity contribution is 9.09. The number of benzene rings is 3. The van der Waals surface area contributed by atoms with Gasteiger partial charge in [0.15, 0.2) is 5.78 Å². The Balaban J connectivity index is 1.30. The van der Waals surface area contributed by atoms with Gasteiger partial charge in [0.1, 0.15) is 23.1 Å². The first-order valence-corrected chi connectivity index (χ1v) is 15.4. The van der Waals surface area contributed by atoms with Crippen molar-refractivity contribution in [1.29, 1.82) is 0 Å². The Morgan fingerprint density at radius 3 is 2.16 bits per heavy atom. The number of aryl methyl sites for hydroxylation is 1. The van der Waals surface area contributed by atoms with Gasteiger partial charge in [0, 0.05) is 34.0 Å². The number of allylic oxidation sites excluding steroid dienone is 3. The molecule has 0 radical (unpaired) electrons. The van der Waals surface area contributed by atoms with Crippen molar-refractivity contribution >= 4 is 50.5 Å². The lowest BCUT2D eigenvalue weighted by Gasteiger charge is -2.44. The topological polar surface area (TPSA) is 111 Å². The number of rotatable bonds is 5. The number of Topliss-reactive ketones (excluding diaryl/α,β-unsaturated/α-hetero) is 3. The number of hydrogen-bond acceptors (Lipinski definition) is 8. The van der Waals surface area contributed by atoms with Gasteiger partial charge in [-0.3, -0.25) is 19.2 Å². The predicted molar refractivity (Wildman–Crippen MR) is 170 cm³/mol. The average Bonchev–Trinajstić information content (AvgIpc) is 3.50. The Morgan fingerprint density at radius 1 is 0.844 bits per heavy atom. The maximum absolute atomic E-state index is 13.7. The fourth-order valence-corrected chi connectivity index (χ4v) is 6.69. The molecular weight excluding hydrogens is 636 g/mol. The van der Waals surface area contributed by atoms with E-state index in [2.05, 4.69) is 26.2 Å². The van der Waals surface area contributed by atoms with E-state index in [0.29, 0.717) is 39.4 Å². The van der Waals surface area contributed by atoms with Crippen LogP contribution in [0.4, 0.5) is 5.69 Å². The van der Waals surface area contributed by atoms with E-state index in [1.165, 1.54) is 6.08 Å². The first-order valence-electron chi connectivity index (χ1n) is 14.5. The zero-order valence-corrected chi connectivity index (χ0v) is 26.2. The summed E-state index contributed by atoms with van der Waals surface area (Å²) in [5.41, 5.74) is 3.43. The predicted octanol–water partition coefficient (Wildman–Crippen LogP) is 5.85. The monoisotopic (exact) mass is 662 g/mol. The molecule has 0 N–H and O–H groups in total. The number of ether oxygens (including phenoxy) is 1. The number of anilines is 1. The van der Waals surface area contributed by atoms with Gasteiger partial charge in [0.05, 0.1) is 28.8 Å². The van der Waals surface area contributed by atoms with E-state index in [0.717, 1.165) is 5.56 Å². The molecule has 9 nitrogen and oxygen atoms in total. The molecule has 0 bridgehead atoms. The Hall–Kier alpha value is -4.96. The molecule has 1 aromatic heterocycles. The number of halogens is 1. The summed E-state index contributed by atoms with van der Waals surface area (Å²) >= 11 is 3.75. The Bertz CT molecular complexity index is 2010. The van der Waals surface area contributed by atoms with E-state index in [9.17, 15) is 19.2 Å². The third kappa shape index (κ3) is 4.67. The number of hydrogen-bond donors (Lipinski definition) is 0. The van der Waals surface area contributed by atoms with E-state index in [1.807, 2.05) is 45.0 Å². The largest absolute Gasteiger partial charge is 0.485 e. The highest BCUT2D eigenvalue weighted by Gasteiger charge is 2.51. The minimum atomic E-state index is -0.787. The van der Waals surface area contributed by atoms with Crippen LogP contribution in [0, 0.1) is 6.92 Å². The molecular formula is C35H27BrN4O5. The number of alkyl halides is 1. The van der Waals surface area contributed by atoms with E-state index in [1.54, 1.807) is 64.3 Å². The van der Waals surface area contributed by atoms with Crippen LogP contribution in [0.2, 0.25) is 0 Å². The zero-order valence-electron chi connectivity index (χ0n) is 24.7. The van der Waals surface area contributed by atoms with E-state index in [4.69, 9.17) is 4.74 Å². The van der Waals surface area contributed by atoms with E-state index < -0.39 is 28.0 Å². The Kier molecular flexibility index (Phi) is 6.77. The van der Waals surface area contributed by atoms with Gasteiger partial charge < -0.3 is 9.64 Å². The summed E-state index contributed by atoms with van der Waals surface area (Å²) < 4.78 is 7.94. The fourth-order valence-electron chi connectivity index (χ4n) is 6.09. The first-order chi connectivity index (χ1) is 21.5. The third-order valence-electron chi connectivity index (χ3n) is 8.45. The number of fused-ring (bicyclic) bond motifs is 3. The smallest absolute Gasteiger partial charge is 0.235 e. The molecule has 0 spiro atoms. The molecule has 2 atom stereocenters. The maximum Gasteiger partial charge on any atom is 0.235 e. The van der Waals surface area contributed by atoms with Gasteiger partial charge in [-0.05, 0) is 32.9 Å². The van der Waals surface area contributed by atoms with Gasteiger partial charge in [-0.15, -0.1) is 5.10 Å². The molecule has 0 unspecified atom stereocenters. The number of nitrogens with zero attached hydrogens (tertiary/aromatic N) is 4. The lowest BCUT2D eigenvalue weighted by atomic mass is 9.79. The lowest BCUT2D eigenvalue weighted by Crippen LogP contribution is -2.48. The second-order valence-corrected chi connectivity index (χ2v) is 12.9. The Labute approximate surface area is 267 Å². The van der Waals surface area contributed by atoms with Crippen LogP contribution in [0.25, 0.3) is 5.76 Å². The molecule has 3 aromatic carbocycles. The van der Waals surface area contributed by atoms with E-state index >= 15 is 0 Å². The SMILES string of the molecule is Cc1ccc(N(Cc2cn([C@@H]3C4=C(OC(C)(C)[C@H]3Br)c3ccccc3C(=O)C4=O)nn2)C2=CC(=O)c3ccccc3C2=O)cc1. The van der Waals surface area contributed by atoms with Crippen LogP contribution in [0.3, 0.4) is 0 Å². The molecule has 45 heavy (non-hydrogen) atoms. The van der Waals surface area contributed by atoms with Gasteiger partial charge in [-0.25, -0.2) is 4.68 Å². The third-order valence-corrected chi connectivity index (χ3v) is 10.1. The standard InChI is InChI=1S/C35H27BrN4O5/c1-19-12-14-21(15-13-19)39(26-16-27(41)22-8-4-5-9-23(22)30(26)42)17-20-18-40(38-37-20)29-28-32(44)31(43)24-10-6-7-11-25(24)33(28)45-35(2,3)34(29)36/h4-16,18,29,34H,17H2,1-3H3/t29-,34+/m1/s1. The fraction of sp³-hybridized carbons (Fsp3) is 0.200. The van der Waals surface area contributed by atoms with Crippen molar-refractivity contribution in [3.63, 3.8) is 0 Å². The molecule has 0 fully saturated rings. The van der Waals surface area contributed by atoms with Crippen LogP contribution < -0.4 is 4.90 Å². The van der Waals surface area contributed by atoms with Crippen LogP contribution in [-0.4, -0.2) is 48.6 Å². The lowest BCUT2D eigenvalue weighted by molar-refractivity contribution is -0.113. The molecule has 1 aliphatic heterocycles. The van der Waals surface area contributed by atoms with Gasteiger partial charge in [0.2, 0.25) is 17.3 Å². The van der Waals surface area contributed by atoms with Crippen molar-refractivity contribution in [2.45, 2.75) is 43.8 Å². The molecule has 2 heterocycles. The quantitative estimate of drug-likeness (QED) is 0.193. The molecule has 0 amide bonds. The summed E-state index contributed by atoms with van der Waals surface area (Å²) in [4.78, 5) is 54.9. The number of carbonyl (C=O) groups excluding carboxylic acids is 4. The molecule has 2 aliphatic carbocycles. The summed E-state index contributed by atoms with van der Waals surface area (Å²) in [6.07, 6.45) is 3.07. The van der Waals surface area contributed by atoms with Crippen LogP contribution in [-0.2, 0) is 16.1 Å². The van der Waals surface area contributed by atoms with Crippen molar-refractivity contribution in [2.75, 3.05) is 4.90 Å². The normalized spacial score (nSPS) is 20.2. The van der Waals surface area contributed by atoms with Gasteiger partial charge in [-0.1, -0.05) is 87.4 Å². The molecule has 3 aliphatic rings. The summed E-state index contributed by atoms with van der Waals surface area (Å²) in [5, 5.41) is 8.86. The summed E-state index contributed by atoms with van der Waals surface area (Å²) in [5.74, 6) is -1.43. The number of ketones is 4. The number of aromatic nitrogens is 3. The molecule has 224 valence electrons. The summed E-state index contributed by atoms with van der Waals surface area (Å²) in [6, 6.07) is 20.6. The maximum atomic E-state index is 13.7. The summed E-state index contributed by atoms with van der Waals surface area (Å²) in [7, 11) is 0. The second-order valence-electron chi connectivity index (χ2n) is 11.9.